The molecule has 8 heteroatoms. The van der Waals surface area contributed by atoms with Crippen molar-refractivity contribution in [3.8, 4) is 22.6 Å². The zero-order valence-electron chi connectivity index (χ0n) is 14.2. The van der Waals surface area contributed by atoms with Crippen LogP contribution in [0.2, 0.25) is 0 Å². The number of hydrogen-bond acceptors (Lipinski definition) is 4. The monoisotopic (exact) mass is 380 g/mol. The molecule has 0 saturated heterocycles. The first-order chi connectivity index (χ1) is 12.7. The topological polar surface area (TPSA) is 72.8 Å². The molecule has 0 amide bonds. The summed E-state index contributed by atoms with van der Waals surface area (Å²) in [4.78, 5) is 23.7. The third-order valence-electron chi connectivity index (χ3n) is 4.13. The molecule has 0 bridgehead atoms. The molecular formula is C19H15F3O5. The second-order valence-electron chi connectivity index (χ2n) is 6.01. The fraction of sp³-hybridized carbons (Fsp3) is 0.263. The maximum Gasteiger partial charge on any atom is 0.416 e. The summed E-state index contributed by atoms with van der Waals surface area (Å²) in [5.74, 6) is -1.29. The number of carboxylic acids is 1. The maximum atomic E-state index is 13.1. The lowest BCUT2D eigenvalue weighted by Gasteiger charge is -2.16. The predicted molar refractivity (Wildman–Crippen MR) is 89.5 cm³/mol. The van der Waals surface area contributed by atoms with Crippen molar-refractivity contribution in [1.29, 1.82) is 0 Å². The van der Waals surface area contributed by atoms with Crippen LogP contribution in [-0.2, 0) is 6.18 Å². The van der Waals surface area contributed by atoms with Gasteiger partial charge in [0.1, 0.15) is 0 Å². The van der Waals surface area contributed by atoms with Crippen molar-refractivity contribution in [3.05, 3.63) is 47.0 Å². The van der Waals surface area contributed by atoms with Crippen LogP contribution in [-0.4, -0.2) is 30.1 Å². The molecule has 0 atom stereocenters. The minimum Gasteiger partial charge on any atom is -0.490 e. The van der Waals surface area contributed by atoms with E-state index in [9.17, 15) is 27.9 Å². The standard InChI is InChI=1S/C19H15F3O5/c1-10(23)13-8-16-17(27-6-2-5-26-16)9-15(13)14-7-11(19(20,21)22)3-4-12(14)18(24)25/h3-4,7-9H,2,5-6H2,1H3,(H,24,25). The van der Waals surface area contributed by atoms with E-state index >= 15 is 0 Å². The molecule has 1 aliphatic rings. The second-order valence-corrected chi connectivity index (χ2v) is 6.01. The van der Waals surface area contributed by atoms with Gasteiger partial charge in [-0.25, -0.2) is 4.79 Å². The molecule has 1 N–H and O–H groups in total. The highest BCUT2D eigenvalue weighted by Crippen LogP contribution is 2.40. The summed E-state index contributed by atoms with van der Waals surface area (Å²) in [7, 11) is 0. The van der Waals surface area contributed by atoms with E-state index in [-0.39, 0.29) is 28.0 Å². The Hall–Kier alpha value is -3.03. The third-order valence-corrected chi connectivity index (χ3v) is 4.13. The summed E-state index contributed by atoms with van der Waals surface area (Å²) in [6, 6.07) is 5.05. The van der Waals surface area contributed by atoms with Gasteiger partial charge in [0.2, 0.25) is 0 Å². The number of hydrogen-bond donors (Lipinski definition) is 1. The number of aromatic carboxylic acids is 1. The number of Topliss-reactive ketones (excluding diaryl/α,β-unsaturated/α-hetero) is 1. The molecule has 27 heavy (non-hydrogen) atoms. The highest BCUT2D eigenvalue weighted by Gasteiger charge is 2.32. The summed E-state index contributed by atoms with van der Waals surface area (Å²) < 4.78 is 50.5. The first-order valence-corrected chi connectivity index (χ1v) is 8.08. The first kappa shape index (κ1) is 18.8. The van der Waals surface area contributed by atoms with Crippen LogP contribution in [0.1, 0.15) is 39.6 Å². The van der Waals surface area contributed by atoms with E-state index in [1.165, 1.54) is 19.1 Å². The van der Waals surface area contributed by atoms with Gasteiger partial charge in [0.15, 0.2) is 17.3 Å². The lowest BCUT2D eigenvalue weighted by atomic mass is 9.91. The Morgan fingerprint density at radius 3 is 2.11 bits per heavy atom. The van der Waals surface area contributed by atoms with Gasteiger partial charge in [-0.2, -0.15) is 13.2 Å². The molecule has 0 fully saturated rings. The normalized spacial score (nSPS) is 13.8. The predicted octanol–water partition coefficient (Wildman–Crippen LogP) is 4.43. The highest BCUT2D eigenvalue weighted by molar-refractivity contribution is 6.05. The van der Waals surface area contributed by atoms with E-state index in [0.29, 0.717) is 31.5 Å². The quantitative estimate of drug-likeness (QED) is 0.798. The molecule has 0 aromatic heterocycles. The molecular weight excluding hydrogens is 365 g/mol. The molecule has 2 aromatic carbocycles. The van der Waals surface area contributed by atoms with Crippen molar-refractivity contribution in [3.63, 3.8) is 0 Å². The third kappa shape index (κ3) is 3.74. The SMILES string of the molecule is CC(=O)c1cc2c(cc1-c1cc(C(F)(F)F)ccc1C(=O)O)OCCCO2. The van der Waals surface area contributed by atoms with E-state index in [1.54, 1.807) is 0 Å². The minimum absolute atomic E-state index is 0.0512. The number of carboxylic acid groups (broad SMARTS) is 1. The number of halogens is 3. The van der Waals surface area contributed by atoms with Crippen LogP contribution in [0.25, 0.3) is 11.1 Å². The van der Waals surface area contributed by atoms with E-state index in [4.69, 9.17) is 9.47 Å². The number of carbonyl (C=O) groups excluding carboxylic acids is 1. The van der Waals surface area contributed by atoms with Crippen molar-refractivity contribution in [1.82, 2.24) is 0 Å². The number of ketones is 1. The fourth-order valence-electron chi connectivity index (χ4n) is 2.85. The maximum absolute atomic E-state index is 13.1. The molecule has 5 nitrogen and oxygen atoms in total. The molecule has 0 aliphatic carbocycles. The molecule has 0 spiro atoms. The van der Waals surface area contributed by atoms with Crippen LogP contribution in [0.5, 0.6) is 11.5 Å². The van der Waals surface area contributed by atoms with Gasteiger partial charge in [-0.3, -0.25) is 4.79 Å². The highest BCUT2D eigenvalue weighted by atomic mass is 19.4. The molecule has 0 unspecified atom stereocenters. The van der Waals surface area contributed by atoms with Crippen LogP contribution >= 0.6 is 0 Å². The molecule has 0 saturated carbocycles. The van der Waals surface area contributed by atoms with Crippen molar-refractivity contribution in [2.75, 3.05) is 13.2 Å². The number of alkyl halides is 3. The Morgan fingerprint density at radius 1 is 0.963 bits per heavy atom. The smallest absolute Gasteiger partial charge is 0.416 e. The fourth-order valence-corrected chi connectivity index (χ4v) is 2.85. The van der Waals surface area contributed by atoms with E-state index in [1.807, 2.05) is 0 Å². The lowest BCUT2D eigenvalue weighted by molar-refractivity contribution is -0.137. The lowest BCUT2D eigenvalue weighted by Crippen LogP contribution is -2.09. The van der Waals surface area contributed by atoms with Crippen LogP contribution in [0.4, 0.5) is 13.2 Å². The number of rotatable bonds is 3. The second kappa shape index (κ2) is 6.94. The van der Waals surface area contributed by atoms with Crippen LogP contribution < -0.4 is 9.47 Å². The Morgan fingerprint density at radius 2 is 1.56 bits per heavy atom. The molecule has 0 radical (unpaired) electrons. The molecule has 1 aliphatic heterocycles. The first-order valence-electron chi connectivity index (χ1n) is 8.08. The summed E-state index contributed by atoms with van der Waals surface area (Å²) in [5.41, 5.74) is -1.46. The summed E-state index contributed by atoms with van der Waals surface area (Å²) in [6.45, 7) is 1.95. The van der Waals surface area contributed by atoms with Gasteiger partial charge in [-0.05, 0) is 48.4 Å². The van der Waals surface area contributed by atoms with Gasteiger partial charge in [0.25, 0.3) is 0 Å². The number of carbonyl (C=O) groups is 2. The van der Waals surface area contributed by atoms with Gasteiger partial charge < -0.3 is 14.6 Å². The Balaban J connectivity index is 2.30. The summed E-state index contributed by atoms with van der Waals surface area (Å²) in [5, 5.41) is 9.41. The number of benzene rings is 2. The largest absolute Gasteiger partial charge is 0.490 e. The summed E-state index contributed by atoms with van der Waals surface area (Å²) >= 11 is 0. The molecule has 3 rings (SSSR count). The average molecular weight is 380 g/mol. The molecule has 142 valence electrons. The Bertz CT molecular complexity index is 918. The average Bonchev–Trinajstić information content (AvgIpc) is 2.83. The Labute approximate surface area is 152 Å². The zero-order valence-corrected chi connectivity index (χ0v) is 14.2. The van der Waals surface area contributed by atoms with Crippen LogP contribution in [0.3, 0.4) is 0 Å². The van der Waals surface area contributed by atoms with Crippen LogP contribution in [0, 0.1) is 0 Å². The summed E-state index contributed by atoms with van der Waals surface area (Å²) in [6.07, 6.45) is -4.06. The van der Waals surface area contributed by atoms with E-state index < -0.39 is 23.5 Å². The van der Waals surface area contributed by atoms with Crippen molar-refractivity contribution in [2.45, 2.75) is 19.5 Å². The van der Waals surface area contributed by atoms with Crippen molar-refractivity contribution in [2.24, 2.45) is 0 Å². The van der Waals surface area contributed by atoms with Gasteiger partial charge in [-0.15, -0.1) is 0 Å². The molecule has 2 aromatic rings. The number of fused-ring (bicyclic) bond motifs is 1. The Kier molecular flexibility index (Phi) is 4.82. The van der Waals surface area contributed by atoms with Gasteiger partial charge in [0, 0.05) is 12.0 Å². The zero-order chi connectivity index (χ0) is 19.8. The molecule has 1 heterocycles. The van der Waals surface area contributed by atoms with Crippen molar-refractivity contribution >= 4 is 11.8 Å². The van der Waals surface area contributed by atoms with Gasteiger partial charge in [-0.1, -0.05) is 0 Å². The van der Waals surface area contributed by atoms with Gasteiger partial charge in [0.05, 0.1) is 24.3 Å². The van der Waals surface area contributed by atoms with Crippen molar-refractivity contribution < 1.29 is 37.3 Å². The number of ether oxygens (including phenoxy) is 2. The van der Waals surface area contributed by atoms with E-state index in [2.05, 4.69) is 0 Å². The minimum atomic E-state index is -4.66. The van der Waals surface area contributed by atoms with Crippen LogP contribution in [0.15, 0.2) is 30.3 Å². The van der Waals surface area contributed by atoms with E-state index in [0.717, 1.165) is 12.1 Å². The van der Waals surface area contributed by atoms with Gasteiger partial charge >= 0.3 is 12.1 Å².